The molecule has 0 saturated carbocycles. The second kappa shape index (κ2) is 7.45. The average Bonchev–Trinajstić information content (AvgIpc) is 3.39. The topological polar surface area (TPSA) is 0 Å². The molecular weight excluding hydrogens is 400 g/mol. The van der Waals surface area contributed by atoms with Crippen molar-refractivity contribution in [2.75, 3.05) is 0 Å². The summed E-state index contributed by atoms with van der Waals surface area (Å²) < 4.78 is 0. The molecule has 0 aliphatic heterocycles. The molecule has 1 heteroatoms. The molecule has 0 amide bonds. The van der Waals surface area contributed by atoms with E-state index in [0.717, 1.165) is 0 Å². The van der Waals surface area contributed by atoms with Crippen molar-refractivity contribution in [3.8, 4) is 11.1 Å². The second-order valence-electron chi connectivity index (χ2n) is 11.3. The second-order valence-corrected chi connectivity index (χ2v) is 16.0. The summed E-state index contributed by atoms with van der Waals surface area (Å²) in [6, 6.07) is 11.7. The van der Waals surface area contributed by atoms with E-state index < -0.39 is 8.07 Å². The molecule has 0 bridgehead atoms. The van der Waals surface area contributed by atoms with Crippen LogP contribution in [0.1, 0.15) is 74.4 Å². The van der Waals surface area contributed by atoms with E-state index in [0.29, 0.717) is 11.1 Å². The molecular formula is C31H38Si. The first-order chi connectivity index (χ1) is 15.1. The maximum absolute atomic E-state index is 2.66. The minimum absolute atomic E-state index is 0.597. The summed E-state index contributed by atoms with van der Waals surface area (Å²) in [6.45, 7) is 19.5. The summed E-state index contributed by atoms with van der Waals surface area (Å²) >= 11 is 0. The molecule has 0 spiro atoms. The van der Waals surface area contributed by atoms with Gasteiger partial charge in [-0.25, -0.2) is 0 Å². The summed E-state index contributed by atoms with van der Waals surface area (Å²) in [5.74, 6) is 0. The lowest BCUT2D eigenvalue weighted by atomic mass is 9.88. The van der Waals surface area contributed by atoms with Gasteiger partial charge >= 0.3 is 0 Å². The Balaban J connectivity index is 1.73. The zero-order valence-corrected chi connectivity index (χ0v) is 22.2. The van der Waals surface area contributed by atoms with Crippen LogP contribution in [0.25, 0.3) is 17.2 Å². The Kier molecular flexibility index (Phi) is 5.06. The van der Waals surface area contributed by atoms with E-state index in [1.165, 1.54) is 36.0 Å². The van der Waals surface area contributed by atoms with Gasteiger partial charge in [0, 0.05) is 5.54 Å². The lowest BCUT2D eigenvalue weighted by Gasteiger charge is -2.39. The maximum Gasteiger partial charge on any atom is 0.0717 e. The highest BCUT2D eigenvalue weighted by molar-refractivity contribution is 6.82. The summed E-state index contributed by atoms with van der Waals surface area (Å²) in [4.78, 5) is 0. The van der Waals surface area contributed by atoms with E-state index >= 15 is 0 Å². The SMILES string of the molecule is CC1=Cc2c(cc3c(c2-c2ccccc2C)CCC3)C1[Si](C)(C)C1C(C)=C(C)C(C)=C1C. The third kappa shape index (κ3) is 2.93. The molecule has 0 saturated heterocycles. The van der Waals surface area contributed by atoms with E-state index in [1.807, 2.05) is 0 Å². The van der Waals surface area contributed by atoms with E-state index in [4.69, 9.17) is 0 Å². The number of allylic oxidation sites excluding steroid dienone is 5. The van der Waals surface area contributed by atoms with Crippen LogP contribution >= 0.6 is 0 Å². The van der Waals surface area contributed by atoms with Crippen LogP contribution in [-0.4, -0.2) is 8.07 Å². The highest BCUT2D eigenvalue weighted by Gasteiger charge is 2.47. The zero-order chi connectivity index (χ0) is 22.9. The van der Waals surface area contributed by atoms with E-state index in [2.05, 4.69) is 91.0 Å². The Labute approximate surface area is 196 Å². The third-order valence-electron chi connectivity index (χ3n) is 9.12. The van der Waals surface area contributed by atoms with Gasteiger partial charge in [0.2, 0.25) is 0 Å². The average molecular weight is 439 g/mol. The fourth-order valence-electron chi connectivity index (χ4n) is 7.52. The van der Waals surface area contributed by atoms with Gasteiger partial charge in [0.15, 0.2) is 0 Å². The van der Waals surface area contributed by atoms with Gasteiger partial charge in [0.1, 0.15) is 0 Å². The number of hydrogen-bond acceptors (Lipinski definition) is 0. The molecule has 32 heavy (non-hydrogen) atoms. The Morgan fingerprint density at radius 1 is 0.812 bits per heavy atom. The molecule has 5 rings (SSSR count). The van der Waals surface area contributed by atoms with Crippen molar-refractivity contribution in [1.82, 2.24) is 0 Å². The normalized spacial score (nSPS) is 20.9. The summed E-state index contributed by atoms with van der Waals surface area (Å²) in [5.41, 5.74) is 20.0. The first kappa shape index (κ1) is 21.7. The molecule has 3 aliphatic carbocycles. The van der Waals surface area contributed by atoms with Crippen LogP contribution in [-0.2, 0) is 12.8 Å². The van der Waals surface area contributed by atoms with Crippen LogP contribution in [0.4, 0.5) is 0 Å². The van der Waals surface area contributed by atoms with E-state index in [1.54, 1.807) is 50.1 Å². The van der Waals surface area contributed by atoms with Gasteiger partial charge in [0.05, 0.1) is 8.07 Å². The first-order valence-electron chi connectivity index (χ1n) is 12.4. The highest BCUT2D eigenvalue weighted by atomic mass is 28.3. The predicted molar refractivity (Wildman–Crippen MR) is 143 cm³/mol. The smallest absolute Gasteiger partial charge is 0.0679 e. The number of benzene rings is 2. The van der Waals surface area contributed by atoms with Gasteiger partial charge in [-0.2, -0.15) is 0 Å². The van der Waals surface area contributed by atoms with Crippen LogP contribution in [0, 0.1) is 6.92 Å². The minimum Gasteiger partial charge on any atom is -0.0679 e. The van der Waals surface area contributed by atoms with Crippen molar-refractivity contribution in [3.63, 3.8) is 0 Å². The molecule has 1 unspecified atom stereocenters. The highest BCUT2D eigenvalue weighted by Crippen LogP contribution is 2.56. The number of hydrogen-bond donors (Lipinski definition) is 0. The van der Waals surface area contributed by atoms with Crippen LogP contribution < -0.4 is 0 Å². The van der Waals surface area contributed by atoms with Crippen LogP contribution in [0.15, 0.2) is 58.2 Å². The lowest BCUT2D eigenvalue weighted by Crippen LogP contribution is -2.41. The fraction of sp³-hybridized carbons (Fsp3) is 0.419. The Morgan fingerprint density at radius 2 is 1.47 bits per heavy atom. The Bertz CT molecular complexity index is 1210. The largest absolute Gasteiger partial charge is 0.0717 e. The van der Waals surface area contributed by atoms with Crippen molar-refractivity contribution < 1.29 is 0 Å². The molecule has 0 aromatic heterocycles. The quantitative estimate of drug-likeness (QED) is 0.419. The van der Waals surface area contributed by atoms with Gasteiger partial charge in [0.25, 0.3) is 0 Å². The zero-order valence-electron chi connectivity index (χ0n) is 21.2. The van der Waals surface area contributed by atoms with Crippen molar-refractivity contribution in [2.24, 2.45) is 0 Å². The third-order valence-corrected chi connectivity index (χ3v) is 13.7. The van der Waals surface area contributed by atoms with E-state index in [9.17, 15) is 0 Å². The van der Waals surface area contributed by atoms with Crippen molar-refractivity contribution in [1.29, 1.82) is 0 Å². The molecule has 0 fully saturated rings. The van der Waals surface area contributed by atoms with Crippen molar-refractivity contribution >= 4 is 14.1 Å². The Morgan fingerprint density at radius 3 is 2.12 bits per heavy atom. The molecule has 3 aliphatic rings. The number of rotatable bonds is 3. The molecule has 0 N–H and O–H groups in total. The van der Waals surface area contributed by atoms with Gasteiger partial charge < -0.3 is 0 Å². The first-order valence-corrected chi connectivity index (χ1v) is 15.6. The lowest BCUT2D eigenvalue weighted by molar-refractivity contribution is 0.911. The predicted octanol–water partition coefficient (Wildman–Crippen LogP) is 8.96. The molecule has 0 heterocycles. The number of aryl methyl sites for hydroxylation is 2. The van der Waals surface area contributed by atoms with Crippen molar-refractivity contribution in [3.05, 3.63) is 86.0 Å². The monoisotopic (exact) mass is 438 g/mol. The van der Waals surface area contributed by atoms with Gasteiger partial charge in [-0.1, -0.05) is 66.2 Å². The van der Waals surface area contributed by atoms with Gasteiger partial charge in [-0.05, 0) is 116 Å². The minimum atomic E-state index is -1.72. The van der Waals surface area contributed by atoms with Gasteiger partial charge in [-0.15, -0.1) is 0 Å². The summed E-state index contributed by atoms with van der Waals surface area (Å²) in [5, 5.41) is 0. The summed E-state index contributed by atoms with van der Waals surface area (Å²) in [7, 11) is -1.72. The molecule has 0 nitrogen and oxygen atoms in total. The Hall–Kier alpha value is -2.12. The standard InChI is InChI=1S/C31H38Si/c1-18-12-9-10-14-25(18)29-26-15-11-13-24(26)17-28-27(29)16-19(2)30(28)32(7,8)31-22(5)20(3)21(4)23(31)6/h9-10,12,14,16-17,30-31H,11,13,15H2,1-8H3. The molecule has 166 valence electrons. The van der Waals surface area contributed by atoms with Gasteiger partial charge in [-0.3, -0.25) is 0 Å². The molecule has 2 aromatic rings. The fourth-order valence-corrected chi connectivity index (χ4v) is 12.8. The van der Waals surface area contributed by atoms with Crippen molar-refractivity contribution in [2.45, 2.75) is 85.0 Å². The summed E-state index contributed by atoms with van der Waals surface area (Å²) in [6.07, 6.45) is 6.35. The van der Waals surface area contributed by atoms with E-state index in [-0.39, 0.29) is 0 Å². The maximum atomic E-state index is 2.66. The number of fused-ring (bicyclic) bond motifs is 2. The molecule has 2 aromatic carbocycles. The van der Waals surface area contributed by atoms with Crippen LogP contribution in [0.3, 0.4) is 0 Å². The van der Waals surface area contributed by atoms with Crippen LogP contribution in [0.5, 0.6) is 0 Å². The van der Waals surface area contributed by atoms with Crippen LogP contribution in [0.2, 0.25) is 18.6 Å². The molecule has 1 atom stereocenters. The molecule has 0 radical (unpaired) electrons.